The Labute approximate surface area is 121 Å². The number of rotatable bonds is 4. The van der Waals surface area contributed by atoms with Crippen LogP contribution in [0.25, 0.3) is 0 Å². The summed E-state index contributed by atoms with van der Waals surface area (Å²) in [5.41, 5.74) is -0.371. The van der Waals surface area contributed by atoms with Crippen molar-refractivity contribution in [1.29, 1.82) is 5.26 Å². The van der Waals surface area contributed by atoms with Crippen molar-refractivity contribution >= 4 is 0 Å². The molecule has 6 heteroatoms. The second kappa shape index (κ2) is 5.90. The van der Waals surface area contributed by atoms with Gasteiger partial charge >= 0.3 is 0 Å². The third-order valence-electron chi connectivity index (χ3n) is 3.94. The number of hydrogen-bond acceptors (Lipinski definition) is 5. The Hall–Kier alpha value is -1.45. The summed E-state index contributed by atoms with van der Waals surface area (Å²) in [6, 6.07) is 2.72. The van der Waals surface area contributed by atoms with Gasteiger partial charge in [-0.3, -0.25) is 9.80 Å². The van der Waals surface area contributed by atoms with Crippen molar-refractivity contribution in [3.63, 3.8) is 0 Å². The lowest BCUT2D eigenvalue weighted by molar-refractivity contribution is 0.0741. The summed E-state index contributed by atoms with van der Waals surface area (Å²) in [6.45, 7) is 12.8. The van der Waals surface area contributed by atoms with Crippen LogP contribution in [0.3, 0.4) is 0 Å². The molecule has 0 atom stereocenters. The first-order valence-electron chi connectivity index (χ1n) is 7.21. The van der Waals surface area contributed by atoms with Crippen LogP contribution >= 0.6 is 0 Å². The quantitative estimate of drug-likeness (QED) is 0.829. The Balaban J connectivity index is 1.92. The molecule has 0 amide bonds. The lowest BCUT2D eigenvalue weighted by Gasteiger charge is -2.40. The molecule has 20 heavy (non-hydrogen) atoms. The van der Waals surface area contributed by atoms with Gasteiger partial charge in [0.2, 0.25) is 0 Å². The van der Waals surface area contributed by atoms with Gasteiger partial charge in [-0.1, -0.05) is 0 Å². The second-order valence-electron chi connectivity index (χ2n) is 6.15. The lowest BCUT2D eigenvalue weighted by Crippen LogP contribution is -2.53. The number of nitriles is 1. The van der Waals surface area contributed by atoms with E-state index in [1.165, 1.54) is 0 Å². The lowest BCUT2D eigenvalue weighted by atomic mass is 10.0. The number of aromatic nitrogens is 3. The minimum Gasteiger partial charge on any atom is -0.293 e. The maximum atomic E-state index is 9.19. The predicted octanol–water partition coefficient (Wildman–Crippen LogP) is 1.28. The molecule has 1 saturated heterocycles. The van der Waals surface area contributed by atoms with E-state index in [9.17, 15) is 5.26 Å². The normalized spacial score (nSPS) is 18.4. The predicted molar refractivity (Wildman–Crippen MR) is 76.9 cm³/mol. The van der Waals surface area contributed by atoms with E-state index in [0.29, 0.717) is 6.04 Å². The third-order valence-corrected chi connectivity index (χ3v) is 3.94. The smallest absolute Gasteiger partial charge is 0.141 e. The highest BCUT2D eigenvalue weighted by atomic mass is 15.4. The van der Waals surface area contributed by atoms with E-state index in [1.54, 1.807) is 6.33 Å². The molecular formula is C14H24N6. The van der Waals surface area contributed by atoms with Crippen LogP contribution in [-0.2, 0) is 6.54 Å². The number of hydrogen-bond donors (Lipinski definition) is 0. The molecule has 6 nitrogen and oxygen atoms in total. The molecule has 1 aromatic heterocycles. The van der Waals surface area contributed by atoms with Crippen LogP contribution in [0.15, 0.2) is 6.33 Å². The van der Waals surface area contributed by atoms with E-state index in [4.69, 9.17) is 0 Å². The van der Waals surface area contributed by atoms with Gasteiger partial charge in [-0.25, -0.2) is 9.67 Å². The van der Waals surface area contributed by atoms with Crippen LogP contribution in [0, 0.1) is 11.3 Å². The van der Waals surface area contributed by atoms with Gasteiger partial charge in [0.25, 0.3) is 0 Å². The maximum absolute atomic E-state index is 9.19. The highest BCUT2D eigenvalue weighted by Crippen LogP contribution is 2.17. The zero-order valence-electron chi connectivity index (χ0n) is 12.9. The molecule has 1 aliphatic rings. The summed E-state index contributed by atoms with van der Waals surface area (Å²) in [5, 5.41) is 13.5. The molecule has 0 unspecified atom stereocenters. The van der Waals surface area contributed by atoms with Crippen LogP contribution in [0.5, 0.6) is 0 Å². The minimum absolute atomic E-state index is 0.339. The molecule has 1 fully saturated rings. The van der Waals surface area contributed by atoms with Gasteiger partial charge in [-0.2, -0.15) is 10.4 Å². The fraction of sp³-hybridized carbons (Fsp3) is 0.786. The molecule has 1 aliphatic heterocycles. The minimum atomic E-state index is -0.371. The molecule has 0 radical (unpaired) electrons. The van der Waals surface area contributed by atoms with Crippen molar-refractivity contribution in [2.45, 2.75) is 45.8 Å². The Morgan fingerprint density at radius 2 is 1.95 bits per heavy atom. The zero-order valence-corrected chi connectivity index (χ0v) is 12.9. The van der Waals surface area contributed by atoms with Crippen molar-refractivity contribution in [3.8, 4) is 6.07 Å². The highest BCUT2D eigenvalue weighted by Gasteiger charge is 2.30. The van der Waals surface area contributed by atoms with Crippen molar-refractivity contribution in [3.05, 3.63) is 12.2 Å². The topological polar surface area (TPSA) is 61.0 Å². The molecule has 0 spiro atoms. The van der Waals surface area contributed by atoms with E-state index in [2.05, 4.69) is 39.8 Å². The first-order chi connectivity index (χ1) is 9.44. The van der Waals surface area contributed by atoms with E-state index in [0.717, 1.165) is 38.5 Å². The Morgan fingerprint density at radius 3 is 2.50 bits per heavy atom. The maximum Gasteiger partial charge on any atom is 0.141 e. The second-order valence-corrected chi connectivity index (χ2v) is 6.15. The van der Waals surface area contributed by atoms with Crippen LogP contribution in [0.4, 0.5) is 0 Å². The average Bonchev–Trinajstić information content (AvgIpc) is 2.88. The van der Waals surface area contributed by atoms with E-state index in [1.807, 2.05) is 18.5 Å². The molecule has 2 rings (SSSR count). The van der Waals surface area contributed by atoms with Crippen molar-refractivity contribution in [2.75, 3.05) is 26.2 Å². The summed E-state index contributed by atoms with van der Waals surface area (Å²) in [5.74, 6) is 1.02. The molecule has 0 aromatic carbocycles. The Kier molecular flexibility index (Phi) is 4.41. The summed E-state index contributed by atoms with van der Waals surface area (Å²) < 4.78 is 1.98. The third kappa shape index (κ3) is 3.17. The van der Waals surface area contributed by atoms with Crippen molar-refractivity contribution in [2.24, 2.45) is 0 Å². The fourth-order valence-electron chi connectivity index (χ4n) is 2.55. The van der Waals surface area contributed by atoms with E-state index >= 15 is 0 Å². The van der Waals surface area contributed by atoms with E-state index in [-0.39, 0.29) is 5.54 Å². The summed E-state index contributed by atoms with van der Waals surface area (Å²) in [7, 11) is 0. The molecule has 0 aliphatic carbocycles. The number of nitrogens with zero attached hydrogens (tertiary/aromatic N) is 6. The SMILES string of the molecule is CC(C)n1ncnc1CN1CCN(C(C)(C)C#N)CC1. The molecule has 0 saturated carbocycles. The Bertz CT molecular complexity index is 476. The van der Waals surface area contributed by atoms with Gasteiger partial charge in [0.15, 0.2) is 0 Å². The van der Waals surface area contributed by atoms with Gasteiger partial charge in [-0.05, 0) is 27.7 Å². The van der Waals surface area contributed by atoms with Gasteiger partial charge < -0.3 is 0 Å². The summed E-state index contributed by atoms with van der Waals surface area (Å²) in [4.78, 5) is 8.99. The highest BCUT2D eigenvalue weighted by molar-refractivity contribution is 5.03. The van der Waals surface area contributed by atoms with Crippen molar-refractivity contribution < 1.29 is 0 Å². The average molecular weight is 276 g/mol. The van der Waals surface area contributed by atoms with Gasteiger partial charge in [0.1, 0.15) is 17.7 Å². The molecule has 2 heterocycles. The number of piperazine rings is 1. The molecule has 0 N–H and O–H groups in total. The first-order valence-corrected chi connectivity index (χ1v) is 7.21. The van der Waals surface area contributed by atoms with Crippen LogP contribution in [0.2, 0.25) is 0 Å². The van der Waals surface area contributed by atoms with Crippen LogP contribution in [0.1, 0.15) is 39.6 Å². The summed E-state index contributed by atoms with van der Waals surface area (Å²) in [6.07, 6.45) is 1.63. The fourth-order valence-corrected chi connectivity index (χ4v) is 2.55. The van der Waals surface area contributed by atoms with Crippen LogP contribution in [-0.4, -0.2) is 56.3 Å². The Morgan fingerprint density at radius 1 is 1.30 bits per heavy atom. The van der Waals surface area contributed by atoms with Gasteiger partial charge in [-0.15, -0.1) is 0 Å². The van der Waals surface area contributed by atoms with Crippen molar-refractivity contribution in [1.82, 2.24) is 24.6 Å². The first kappa shape index (κ1) is 14.9. The molecule has 110 valence electrons. The monoisotopic (exact) mass is 276 g/mol. The van der Waals surface area contributed by atoms with Crippen LogP contribution < -0.4 is 0 Å². The van der Waals surface area contributed by atoms with Gasteiger partial charge in [0.05, 0.1) is 12.6 Å². The van der Waals surface area contributed by atoms with E-state index < -0.39 is 0 Å². The standard InChI is InChI=1S/C14H24N6/c1-12(2)20-13(16-11-17-20)9-18-5-7-19(8-6-18)14(3,4)10-15/h11-12H,5-9H2,1-4H3. The zero-order chi connectivity index (χ0) is 14.8. The molecular weight excluding hydrogens is 252 g/mol. The van der Waals surface area contributed by atoms with Gasteiger partial charge in [0, 0.05) is 32.2 Å². The molecule has 1 aromatic rings. The summed E-state index contributed by atoms with van der Waals surface area (Å²) >= 11 is 0. The largest absolute Gasteiger partial charge is 0.293 e. The molecule has 0 bridgehead atoms.